The molecule has 0 heterocycles. The molecule has 0 aliphatic heterocycles. The van der Waals surface area contributed by atoms with Crippen LogP contribution in [-0.2, 0) is 4.79 Å². The maximum Gasteiger partial charge on any atom is 0.320 e. The summed E-state index contributed by atoms with van der Waals surface area (Å²) in [7, 11) is 0. The van der Waals surface area contributed by atoms with Gasteiger partial charge in [0.05, 0.1) is 0 Å². The molecule has 0 fully saturated rings. The van der Waals surface area contributed by atoms with Crippen molar-refractivity contribution in [3.05, 3.63) is 41.5 Å². The Morgan fingerprint density at radius 3 is 2.93 bits per heavy atom. The Labute approximate surface area is 88.2 Å². The first-order valence-corrected chi connectivity index (χ1v) is 4.94. The van der Waals surface area contributed by atoms with Gasteiger partial charge < -0.3 is 10.8 Å². The van der Waals surface area contributed by atoms with Crippen LogP contribution in [0, 0.1) is 0 Å². The summed E-state index contributed by atoms with van der Waals surface area (Å²) in [6.07, 6.45) is 4.50. The van der Waals surface area contributed by atoms with Gasteiger partial charge in [-0.2, -0.15) is 0 Å². The number of carbonyl (C=O) groups is 1. The van der Waals surface area contributed by atoms with Gasteiger partial charge in [-0.05, 0) is 17.5 Å². The zero-order chi connectivity index (χ0) is 10.8. The summed E-state index contributed by atoms with van der Waals surface area (Å²) in [5.74, 6) is -0.792. The summed E-state index contributed by atoms with van der Waals surface area (Å²) in [4.78, 5) is 10.6. The first-order chi connectivity index (χ1) is 7.18. The molecule has 2 atom stereocenters. The lowest BCUT2D eigenvalue weighted by molar-refractivity contribution is -0.138. The number of allylic oxidation sites excluding steroid dienone is 1. The van der Waals surface area contributed by atoms with Crippen molar-refractivity contribution in [2.45, 2.75) is 18.4 Å². The SMILES string of the molecule is NC(CC1C=Cc2ccccc21)C(=O)O. The fourth-order valence-corrected chi connectivity index (χ4v) is 1.90. The van der Waals surface area contributed by atoms with Gasteiger partial charge in [0, 0.05) is 5.92 Å². The molecule has 0 amide bonds. The minimum atomic E-state index is -0.937. The van der Waals surface area contributed by atoms with Gasteiger partial charge in [0.25, 0.3) is 0 Å². The second kappa shape index (κ2) is 3.87. The van der Waals surface area contributed by atoms with Crippen molar-refractivity contribution in [3.8, 4) is 0 Å². The largest absolute Gasteiger partial charge is 0.480 e. The van der Waals surface area contributed by atoms with Gasteiger partial charge in [0.2, 0.25) is 0 Å². The quantitative estimate of drug-likeness (QED) is 0.784. The molecule has 1 aliphatic rings. The van der Waals surface area contributed by atoms with Gasteiger partial charge in [-0.25, -0.2) is 0 Å². The number of carboxylic acid groups (broad SMARTS) is 1. The van der Waals surface area contributed by atoms with Gasteiger partial charge in [-0.3, -0.25) is 4.79 Å². The molecule has 0 bridgehead atoms. The van der Waals surface area contributed by atoms with Gasteiger partial charge in [-0.1, -0.05) is 36.4 Å². The molecule has 0 aromatic heterocycles. The van der Waals surface area contributed by atoms with E-state index in [-0.39, 0.29) is 5.92 Å². The molecule has 0 spiro atoms. The van der Waals surface area contributed by atoms with E-state index >= 15 is 0 Å². The zero-order valence-electron chi connectivity index (χ0n) is 8.26. The zero-order valence-corrected chi connectivity index (χ0v) is 8.26. The van der Waals surface area contributed by atoms with E-state index in [0.29, 0.717) is 6.42 Å². The minimum Gasteiger partial charge on any atom is -0.480 e. The van der Waals surface area contributed by atoms with Crippen LogP contribution < -0.4 is 5.73 Å². The topological polar surface area (TPSA) is 63.3 Å². The van der Waals surface area contributed by atoms with Crippen molar-refractivity contribution in [2.24, 2.45) is 5.73 Å². The van der Waals surface area contributed by atoms with Crippen LogP contribution in [0.5, 0.6) is 0 Å². The highest BCUT2D eigenvalue weighted by atomic mass is 16.4. The molecule has 1 aromatic carbocycles. The molecule has 3 heteroatoms. The number of fused-ring (bicyclic) bond motifs is 1. The van der Waals surface area contributed by atoms with Crippen LogP contribution in [0.3, 0.4) is 0 Å². The summed E-state index contributed by atoms with van der Waals surface area (Å²) in [5, 5.41) is 8.74. The summed E-state index contributed by atoms with van der Waals surface area (Å²) in [6, 6.07) is 7.20. The lowest BCUT2D eigenvalue weighted by Gasteiger charge is -2.13. The smallest absolute Gasteiger partial charge is 0.320 e. The molecule has 0 radical (unpaired) electrons. The first kappa shape index (κ1) is 9.93. The third-order valence-electron chi connectivity index (χ3n) is 2.73. The van der Waals surface area contributed by atoms with Crippen molar-refractivity contribution in [1.82, 2.24) is 0 Å². The Hall–Kier alpha value is -1.61. The highest BCUT2D eigenvalue weighted by molar-refractivity contribution is 5.73. The molecule has 2 rings (SSSR count). The predicted octanol–water partition coefficient (Wildman–Crippen LogP) is 1.60. The van der Waals surface area contributed by atoms with Crippen molar-refractivity contribution >= 4 is 12.0 Å². The predicted molar refractivity (Wildman–Crippen MR) is 58.4 cm³/mol. The molecule has 3 nitrogen and oxygen atoms in total. The first-order valence-electron chi connectivity index (χ1n) is 4.94. The van der Waals surface area contributed by atoms with Crippen LogP contribution in [0.15, 0.2) is 30.3 Å². The average Bonchev–Trinajstić information content (AvgIpc) is 2.62. The average molecular weight is 203 g/mol. The van der Waals surface area contributed by atoms with Crippen molar-refractivity contribution in [2.75, 3.05) is 0 Å². The number of carboxylic acids is 1. The highest BCUT2D eigenvalue weighted by Crippen LogP contribution is 2.32. The minimum absolute atomic E-state index is 0.146. The van der Waals surface area contributed by atoms with E-state index in [0.717, 1.165) is 0 Å². The molecular formula is C12H13NO2. The van der Waals surface area contributed by atoms with E-state index in [2.05, 4.69) is 0 Å². The van der Waals surface area contributed by atoms with Crippen molar-refractivity contribution in [1.29, 1.82) is 0 Å². The molecule has 0 saturated heterocycles. The number of nitrogens with two attached hydrogens (primary N) is 1. The summed E-state index contributed by atoms with van der Waals surface area (Å²) < 4.78 is 0. The number of benzene rings is 1. The molecule has 3 N–H and O–H groups in total. The Bertz CT molecular complexity index is 412. The van der Waals surface area contributed by atoms with E-state index in [1.807, 2.05) is 36.4 Å². The van der Waals surface area contributed by atoms with Gasteiger partial charge in [-0.15, -0.1) is 0 Å². The molecular weight excluding hydrogens is 190 g/mol. The lowest BCUT2D eigenvalue weighted by Crippen LogP contribution is -2.31. The fraction of sp³-hybridized carbons (Fsp3) is 0.250. The standard InChI is InChI=1S/C12H13NO2/c13-11(12(14)15)7-9-6-5-8-3-1-2-4-10(8)9/h1-6,9,11H,7,13H2,(H,14,15). The van der Waals surface area contributed by atoms with Gasteiger partial charge in [0.1, 0.15) is 6.04 Å². The van der Waals surface area contributed by atoms with E-state index in [4.69, 9.17) is 10.8 Å². The summed E-state index contributed by atoms with van der Waals surface area (Å²) in [5.41, 5.74) is 7.86. The number of aliphatic carboxylic acids is 1. The van der Waals surface area contributed by atoms with Crippen LogP contribution in [-0.4, -0.2) is 17.1 Å². The Morgan fingerprint density at radius 1 is 1.47 bits per heavy atom. The van der Waals surface area contributed by atoms with E-state index in [9.17, 15) is 4.79 Å². The Morgan fingerprint density at radius 2 is 2.20 bits per heavy atom. The normalized spacial score (nSPS) is 19.9. The Balaban J connectivity index is 2.15. The van der Waals surface area contributed by atoms with E-state index < -0.39 is 12.0 Å². The van der Waals surface area contributed by atoms with Crippen LogP contribution in [0.4, 0.5) is 0 Å². The molecule has 1 aliphatic carbocycles. The highest BCUT2D eigenvalue weighted by Gasteiger charge is 2.22. The number of hydrogen-bond donors (Lipinski definition) is 2. The van der Waals surface area contributed by atoms with E-state index in [1.54, 1.807) is 0 Å². The molecule has 0 saturated carbocycles. The summed E-state index contributed by atoms with van der Waals surface area (Å²) in [6.45, 7) is 0. The van der Waals surface area contributed by atoms with Crippen LogP contribution >= 0.6 is 0 Å². The van der Waals surface area contributed by atoms with Gasteiger partial charge in [0.15, 0.2) is 0 Å². The second-order valence-corrected chi connectivity index (χ2v) is 3.77. The summed E-state index contributed by atoms with van der Waals surface area (Å²) >= 11 is 0. The molecule has 15 heavy (non-hydrogen) atoms. The number of hydrogen-bond acceptors (Lipinski definition) is 2. The molecule has 78 valence electrons. The monoisotopic (exact) mass is 203 g/mol. The molecule has 1 aromatic rings. The fourth-order valence-electron chi connectivity index (χ4n) is 1.90. The van der Waals surface area contributed by atoms with Crippen LogP contribution in [0.2, 0.25) is 0 Å². The maximum absolute atomic E-state index is 10.6. The third-order valence-corrected chi connectivity index (χ3v) is 2.73. The Kier molecular flexibility index (Phi) is 2.56. The van der Waals surface area contributed by atoms with Crippen LogP contribution in [0.25, 0.3) is 6.08 Å². The maximum atomic E-state index is 10.6. The van der Waals surface area contributed by atoms with E-state index in [1.165, 1.54) is 11.1 Å². The van der Waals surface area contributed by atoms with Crippen LogP contribution in [0.1, 0.15) is 23.5 Å². The second-order valence-electron chi connectivity index (χ2n) is 3.77. The van der Waals surface area contributed by atoms with Crippen molar-refractivity contribution in [3.63, 3.8) is 0 Å². The van der Waals surface area contributed by atoms with Gasteiger partial charge >= 0.3 is 5.97 Å². The third kappa shape index (κ3) is 1.92. The number of rotatable bonds is 3. The lowest BCUT2D eigenvalue weighted by atomic mass is 9.94. The van der Waals surface area contributed by atoms with Crippen molar-refractivity contribution < 1.29 is 9.90 Å². The molecule has 2 unspecified atom stereocenters.